The van der Waals surface area contributed by atoms with E-state index >= 15 is 0 Å². The van der Waals surface area contributed by atoms with Gasteiger partial charge in [0.2, 0.25) is 0 Å². The highest BCUT2D eigenvalue weighted by Crippen LogP contribution is 2.28. The molecule has 3 heteroatoms. The summed E-state index contributed by atoms with van der Waals surface area (Å²) in [7, 11) is 0. The van der Waals surface area contributed by atoms with Crippen LogP contribution >= 0.6 is 11.8 Å². The molecule has 1 unspecified atom stereocenters. The van der Waals surface area contributed by atoms with Crippen LogP contribution in [0, 0.1) is 17.2 Å². The van der Waals surface area contributed by atoms with E-state index in [0.29, 0.717) is 0 Å². The highest BCUT2D eigenvalue weighted by Gasteiger charge is 2.22. The second kappa shape index (κ2) is 7.19. The van der Waals surface area contributed by atoms with Crippen molar-refractivity contribution in [3.8, 4) is 6.07 Å². The van der Waals surface area contributed by atoms with Crippen LogP contribution in [0.25, 0.3) is 0 Å². The van der Waals surface area contributed by atoms with Crippen LogP contribution in [0.2, 0.25) is 0 Å². The minimum atomic E-state index is -0.322. The van der Waals surface area contributed by atoms with E-state index in [1.54, 1.807) is 0 Å². The molecule has 1 aliphatic rings. The molecule has 0 bridgehead atoms. The average molecular weight is 240 g/mol. The minimum absolute atomic E-state index is 0.322. The lowest BCUT2D eigenvalue weighted by molar-refractivity contribution is 0.450. The summed E-state index contributed by atoms with van der Waals surface area (Å²) in [5.41, 5.74) is -0.322. The molecular formula is C13H24N2S. The Labute approximate surface area is 104 Å². The zero-order chi connectivity index (χ0) is 11.9. The maximum Gasteiger partial charge on any atom is 0.104 e. The third-order valence-corrected chi connectivity index (χ3v) is 4.59. The van der Waals surface area contributed by atoms with Crippen LogP contribution in [0.5, 0.6) is 0 Å². The van der Waals surface area contributed by atoms with Gasteiger partial charge in [-0.05, 0) is 50.2 Å². The van der Waals surface area contributed by atoms with Gasteiger partial charge in [-0.1, -0.05) is 19.8 Å². The minimum Gasteiger partial charge on any atom is -0.300 e. The van der Waals surface area contributed by atoms with Crippen LogP contribution in [-0.4, -0.2) is 23.6 Å². The number of hydrogen-bond donors (Lipinski definition) is 1. The maximum absolute atomic E-state index is 9.11. The SMILES string of the molecule is CCNC(C)(C#N)CCSCC1CCCC1. The Morgan fingerprint density at radius 2 is 2.12 bits per heavy atom. The first-order valence-electron chi connectivity index (χ1n) is 6.44. The van der Waals surface area contributed by atoms with E-state index in [9.17, 15) is 0 Å². The van der Waals surface area contributed by atoms with Gasteiger partial charge in [0.1, 0.15) is 5.54 Å². The van der Waals surface area contributed by atoms with Gasteiger partial charge in [0.15, 0.2) is 0 Å². The molecule has 0 saturated heterocycles. The quantitative estimate of drug-likeness (QED) is 0.694. The van der Waals surface area contributed by atoms with E-state index in [4.69, 9.17) is 5.26 Å². The number of nitriles is 1. The zero-order valence-electron chi connectivity index (χ0n) is 10.6. The van der Waals surface area contributed by atoms with Gasteiger partial charge in [0, 0.05) is 0 Å². The van der Waals surface area contributed by atoms with Crippen molar-refractivity contribution in [3.63, 3.8) is 0 Å². The Morgan fingerprint density at radius 1 is 1.44 bits per heavy atom. The fourth-order valence-electron chi connectivity index (χ4n) is 2.28. The number of hydrogen-bond acceptors (Lipinski definition) is 3. The molecule has 0 aromatic carbocycles. The molecule has 1 aliphatic carbocycles. The Balaban J connectivity index is 2.11. The van der Waals surface area contributed by atoms with Crippen molar-refractivity contribution in [1.82, 2.24) is 5.32 Å². The summed E-state index contributed by atoms with van der Waals surface area (Å²) in [5, 5.41) is 12.4. The zero-order valence-corrected chi connectivity index (χ0v) is 11.4. The third-order valence-electron chi connectivity index (χ3n) is 3.39. The molecule has 0 aromatic heterocycles. The summed E-state index contributed by atoms with van der Waals surface area (Å²) < 4.78 is 0. The van der Waals surface area contributed by atoms with Gasteiger partial charge in [-0.2, -0.15) is 17.0 Å². The van der Waals surface area contributed by atoms with Crippen molar-refractivity contribution < 1.29 is 0 Å². The Bertz CT molecular complexity index is 231. The van der Waals surface area contributed by atoms with Gasteiger partial charge in [-0.3, -0.25) is 5.32 Å². The molecular weight excluding hydrogens is 216 g/mol. The molecule has 92 valence electrons. The molecule has 0 spiro atoms. The first-order chi connectivity index (χ1) is 7.70. The monoisotopic (exact) mass is 240 g/mol. The van der Waals surface area contributed by atoms with Crippen LogP contribution in [0.15, 0.2) is 0 Å². The summed E-state index contributed by atoms with van der Waals surface area (Å²) in [6, 6.07) is 2.38. The molecule has 2 nitrogen and oxygen atoms in total. The van der Waals surface area contributed by atoms with Gasteiger partial charge >= 0.3 is 0 Å². The predicted octanol–water partition coefficient (Wildman–Crippen LogP) is 3.19. The van der Waals surface area contributed by atoms with E-state index in [0.717, 1.165) is 24.6 Å². The summed E-state index contributed by atoms with van der Waals surface area (Å²) in [6.07, 6.45) is 6.66. The van der Waals surface area contributed by atoms with Crippen molar-refractivity contribution in [2.75, 3.05) is 18.1 Å². The highest BCUT2D eigenvalue weighted by molar-refractivity contribution is 7.99. The van der Waals surface area contributed by atoms with Gasteiger partial charge in [0.25, 0.3) is 0 Å². The summed E-state index contributed by atoms with van der Waals surface area (Å²) in [6.45, 7) is 4.94. The first-order valence-corrected chi connectivity index (χ1v) is 7.59. The van der Waals surface area contributed by atoms with Gasteiger partial charge < -0.3 is 0 Å². The van der Waals surface area contributed by atoms with Crippen molar-refractivity contribution in [2.24, 2.45) is 5.92 Å². The Kier molecular flexibility index (Phi) is 6.23. The standard InChI is InChI=1S/C13H24N2S/c1-3-15-13(2,11-14)8-9-16-10-12-6-4-5-7-12/h12,15H,3-10H2,1-2H3. The van der Waals surface area contributed by atoms with E-state index in [1.165, 1.54) is 31.4 Å². The largest absolute Gasteiger partial charge is 0.300 e. The van der Waals surface area contributed by atoms with Gasteiger partial charge in [-0.15, -0.1) is 0 Å². The highest BCUT2D eigenvalue weighted by atomic mass is 32.2. The van der Waals surface area contributed by atoms with Gasteiger partial charge in [-0.25, -0.2) is 0 Å². The Hall–Kier alpha value is -0.200. The second-order valence-electron chi connectivity index (χ2n) is 4.95. The molecule has 1 saturated carbocycles. The van der Waals surface area contributed by atoms with Crippen molar-refractivity contribution in [2.45, 2.75) is 51.5 Å². The van der Waals surface area contributed by atoms with Crippen LogP contribution in [0.1, 0.15) is 46.0 Å². The smallest absolute Gasteiger partial charge is 0.104 e. The summed E-state index contributed by atoms with van der Waals surface area (Å²) >= 11 is 2.03. The lowest BCUT2D eigenvalue weighted by Crippen LogP contribution is -2.41. The third kappa shape index (κ3) is 4.76. The van der Waals surface area contributed by atoms with E-state index in [1.807, 2.05) is 18.7 Å². The van der Waals surface area contributed by atoms with E-state index in [-0.39, 0.29) is 5.54 Å². The molecule has 1 rings (SSSR count). The lowest BCUT2D eigenvalue weighted by Gasteiger charge is -2.22. The predicted molar refractivity (Wildman–Crippen MR) is 71.6 cm³/mol. The average Bonchev–Trinajstić information content (AvgIpc) is 2.78. The normalized spacial score (nSPS) is 20.6. The van der Waals surface area contributed by atoms with Crippen molar-refractivity contribution >= 4 is 11.8 Å². The van der Waals surface area contributed by atoms with Crippen molar-refractivity contribution in [3.05, 3.63) is 0 Å². The molecule has 1 atom stereocenters. The molecule has 1 N–H and O–H groups in total. The number of nitrogens with one attached hydrogen (secondary N) is 1. The fraction of sp³-hybridized carbons (Fsp3) is 0.923. The number of rotatable bonds is 7. The summed E-state index contributed by atoms with van der Waals surface area (Å²) in [4.78, 5) is 0. The molecule has 0 heterocycles. The van der Waals surface area contributed by atoms with Crippen LogP contribution in [0.3, 0.4) is 0 Å². The maximum atomic E-state index is 9.11. The molecule has 1 fully saturated rings. The second-order valence-corrected chi connectivity index (χ2v) is 6.10. The molecule has 0 aromatic rings. The lowest BCUT2D eigenvalue weighted by atomic mass is 10.0. The Morgan fingerprint density at radius 3 is 2.69 bits per heavy atom. The van der Waals surface area contributed by atoms with Crippen LogP contribution in [-0.2, 0) is 0 Å². The first kappa shape index (κ1) is 13.9. The van der Waals surface area contributed by atoms with Gasteiger partial charge in [0.05, 0.1) is 6.07 Å². The molecule has 0 aliphatic heterocycles. The number of thioether (sulfide) groups is 1. The van der Waals surface area contributed by atoms with E-state index in [2.05, 4.69) is 18.3 Å². The van der Waals surface area contributed by atoms with Crippen LogP contribution < -0.4 is 5.32 Å². The molecule has 16 heavy (non-hydrogen) atoms. The molecule has 0 radical (unpaired) electrons. The fourth-order valence-corrected chi connectivity index (χ4v) is 3.66. The van der Waals surface area contributed by atoms with Crippen LogP contribution in [0.4, 0.5) is 0 Å². The topological polar surface area (TPSA) is 35.8 Å². The number of nitrogens with zero attached hydrogens (tertiary/aromatic N) is 1. The summed E-state index contributed by atoms with van der Waals surface area (Å²) in [5.74, 6) is 3.36. The van der Waals surface area contributed by atoms with Crippen molar-refractivity contribution in [1.29, 1.82) is 5.26 Å². The molecule has 0 amide bonds. The van der Waals surface area contributed by atoms with E-state index < -0.39 is 0 Å².